The summed E-state index contributed by atoms with van der Waals surface area (Å²) in [5.74, 6) is 0.419. The van der Waals surface area contributed by atoms with E-state index in [4.69, 9.17) is 16.4 Å². The molecule has 0 spiro atoms. The molecule has 0 fully saturated rings. The van der Waals surface area contributed by atoms with Gasteiger partial charge in [-0.1, -0.05) is 28.9 Å². The van der Waals surface area contributed by atoms with Gasteiger partial charge in [0.05, 0.1) is 18.8 Å². The van der Waals surface area contributed by atoms with Gasteiger partial charge in [-0.25, -0.2) is 9.79 Å². The quantitative estimate of drug-likeness (QED) is 0.312. The molecule has 2 aromatic rings. The van der Waals surface area contributed by atoms with Crippen LogP contribution in [0.2, 0.25) is 5.02 Å². The van der Waals surface area contributed by atoms with Crippen LogP contribution in [0.1, 0.15) is 23.2 Å². The minimum atomic E-state index is -0.517. The summed E-state index contributed by atoms with van der Waals surface area (Å²) in [7, 11) is 1.51. The van der Waals surface area contributed by atoms with Crippen molar-refractivity contribution in [3.05, 3.63) is 66.9 Å². The third kappa shape index (κ3) is 5.17. The number of oxime groups is 1. The van der Waals surface area contributed by atoms with Crippen molar-refractivity contribution in [2.45, 2.75) is 32.9 Å². The Balaban J connectivity index is 1.98. The molecule has 0 bridgehead atoms. The molecule has 0 unspecified atom stereocenters. The highest BCUT2D eigenvalue weighted by Gasteiger charge is 2.13. The molecule has 1 aromatic heterocycles. The van der Waals surface area contributed by atoms with Gasteiger partial charge in [-0.15, -0.1) is 0 Å². The lowest BCUT2D eigenvalue weighted by atomic mass is 10.1. The van der Waals surface area contributed by atoms with Crippen molar-refractivity contribution < 1.29 is 9.94 Å². The maximum atomic E-state index is 12.3. The number of hydrogen-bond acceptors (Lipinski definition) is 5. The van der Waals surface area contributed by atoms with Gasteiger partial charge < -0.3 is 9.94 Å². The molecule has 0 saturated heterocycles. The highest BCUT2D eigenvalue weighted by molar-refractivity contribution is 6.30. The summed E-state index contributed by atoms with van der Waals surface area (Å²) < 4.78 is 2.31. The second-order valence-electron chi connectivity index (χ2n) is 6.15. The number of aliphatic hydroxyl groups is 1. The molecule has 2 rings (SSSR count). The van der Waals surface area contributed by atoms with Crippen LogP contribution in [0.5, 0.6) is 0 Å². The lowest BCUT2D eigenvalue weighted by Crippen LogP contribution is -2.42. The van der Waals surface area contributed by atoms with Crippen LogP contribution in [0.3, 0.4) is 0 Å². The average Bonchev–Trinajstić information content (AvgIpc) is 2.70. The first-order valence-electron chi connectivity index (χ1n) is 8.69. The first-order chi connectivity index (χ1) is 13.4. The lowest BCUT2D eigenvalue weighted by Gasteiger charge is -2.12. The number of benzene rings is 1. The molecule has 150 valence electrons. The van der Waals surface area contributed by atoms with E-state index < -0.39 is 11.2 Å². The first kappa shape index (κ1) is 21.6. The van der Waals surface area contributed by atoms with Crippen molar-refractivity contribution in [1.29, 1.82) is 0 Å². The maximum absolute atomic E-state index is 12.3. The van der Waals surface area contributed by atoms with E-state index >= 15 is 0 Å². The molecule has 28 heavy (non-hydrogen) atoms. The molecule has 0 aliphatic carbocycles. The van der Waals surface area contributed by atoms with E-state index in [0.717, 1.165) is 10.1 Å². The van der Waals surface area contributed by atoms with Crippen LogP contribution in [0.4, 0.5) is 0 Å². The van der Waals surface area contributed by atoms with E-state index in [2.05, 4.69) is 16.9 Å². The molecule has 0 aliphatic rings. The summed E-state index contributed by atoms with van der Waals surface area (Å²) in [6.45, 7) is 4.72. The predicted molar refractivity (Wildman–Crippen MR) is 109 cm³/mol. The summed E-state index contributed by atoms with van der Waals surface area (Å²) in [4.78, 5) is 33.6. The number of halogens is 1. The van der Waals surface area contributed by atoms with Crippen molar-refractivity contribution in [1.82, 2.24) is 9.13 Å². The Morgan fingerprint density at radius 2 is 1.96 bits per heavy atom. The molecule has 0 atom stereocenters. The molecule has 0 saturated carbocycles. The van der Waals surface area contributed by atoms with Gasteiger partial charge in [0.1, 0.15) is 6.61 Å². The van der Waals surface area contributed by atoms with Crippen LogP contribution in [-0.2, 0) is 31.5 Å². The van der Waals surface area contributed by atoms with E-state index in [0.29, 0.717) is 35.0 Å². The van der Waals surface area contributed by atoms with Crippen molar-refractivity contribution in [2.24, 2.45) is 17.2 Å². The normalized spacial score (nSPS) is 11.5. The second kappa shape index (κ2) is 10.0. The third-order valence-corrected chi connectivity index (χ3v) is 4.63. The van der Waals surface area contributed by atoms with Crippen LogP contribution in [0.15, 0.2) is 44.0 Å². The number of amidine groups is 1. The van der Waals surface area contributed by atoms with Crippen LogP contribution in [-0.4, -0.2) is 33.4 Å². The molecule has 8 nitrogen and oxygen atoms in total. The second-order valence-corrected chi connectivity index (χ2v) is 6.59. The monoisotopic (exact) mass is 406 g/mol. The van der Waals surface area contributed by atoms with Crippen LogP contribution in [0, 0.1) is 6.92 Å². The molecule has 1 aromatic carbocycles. The SMILES string of the molecule is C=N/C(CCc1ccc(Cl)cc1)=N\OCCn1c(=O)c(C)c(CO)n(C)c1=O. The highest BCUT2D eigenvalue weighted by Crippen LogP contribution is 2.11. The molecule has 1 heterocycles. The van der Waals surface area contributed by atoms with E-state index in [9.17, 15) is 14.7 Å². The molecular weight excluding hydrogens is 384 g/mol. The zero-order valence-corrected chi connectivity index (χ0v) is 16.6. The summed E-state index contributed by atoms with van der Waals surface area (Å²) in [5, 5.41) is 13.9. The molecule has 1 N–H and O–H groups in total. The minimum Gasteiger partial charge on any atom is -0.392 e. The largest absolute Gasteiger partial charge is 0.392 e. The van der Waals surface area contributed by atoms with Gasteiger partial charge in [-0.3, -0.25) is 13.9 Å². The lowest BCUT2D eigenvalue weighted by molar-refractivity contribution is 0.132. The Morgan fingerprint density at radius 1 is 1.29 bits per heavy atom. The smallest absolute Gasteiger partial charge is 0.331 e. The van der Waals surface area contributed by atoms with Crippen LogP contribution in [0.25, 0.3) is 0 Å². The zero-order chi connectivity index (χ0) is 20.7. The Kier molecular flexibility index (Phi) is 7.71. The topological polar surface area (TPSA) is 98.2 Å². The predicted octanol–water partition coefficient (Wildman–Crippen LogP) is 1.66. The maximum Gasteiger partial charge on any atom is 0.331 e. The number of aryl methyl sites for hydroxylation is 1. The molecular formula is C19H23ClN4O4. The van der Waals surface area contributed by atoms with E-state index in [-0.39, 0.29) is 19.8 Å². The summed E-state index contributed by atoms with van der Waals surface area (Å²) in [6, 6.07) is 7.47. The van der Waals surface area contributed by atoms with Gasteiger partial charge in [-0.05, 0) is 37.8 Å². The third-order valence-electron chi connectivity index (χ3n) is 4.38. The van der Waals surface area contributed by atoms with E-state index in [1.807, 2.05) is 24.3 Å². The van der Waals surface area contributed by atoms with Crippen molar-refractivity contribution >= 4 is 24.2 Å². The van der Waals surface area contributed by atoms with Gasteiger partial charge in [0.25, 0.3) is 5.56 Å². The fraction of sp³-hybridized carbons (Fsp3) is 0.368. The molecule has 0 amide bonds. The fourth-order valence-corrected chi connectivity index (χ4v) is 2.82. The number of aromatic nitrogens is 2. The number of rotatable bonds is 8. The van der Waals surface area contributed by atoms with Crippen LogP contribution < -0.4 is 11.2 Å². The average molecular weight is 407 g/mol. The number of hydrogen-bond donors (Lipinski definition) is 1. The Hall–Kier alpha value is -2.71. The zero-order valence-electron chi connectivity index (χ0n) is 15.9. The Morgan fingerprint density at radius 3 is 2.57 bits per heavy atom. The molecule has 0 radical (unpaired) electrons. The van der Waals surface area contributed by atoms with Gasteiger partial charge in [0, 0.05) is 24.1 Å². The number of aliphatic hydroxyl groups excluding tert-OH is 1. The van der Waals surface area contributed by atoms with Gasteiger partial charge >= 0.3 is 5.69 Å². The van der Waals surface area contributed by atoms with Gasteiger partial charge in [-0.2, -0.15) is 0 Å². The summed E-state index contributed by atoms with van der Waals surface area (Å²) in [6.07, 6.45) is 1.22. The van der Waals surface area contributed by atoms with E-state index in [1.165, 1.54) is 11.6 Å². The number of aliphatic imine (C=N–C) groups is 1. The Bertz CT molecular complexity index is 940. The highest BCUT2D eigenvalue weighted by atomic mass is 35.5. The standard InChI is InChI=1S/C19H23ClN4O4/c1-13-16(12-25)23(3)19(27)24(18(13)26)10-11-28-22-17(21-2)9-6-14-4-7-15(20)8-5-14/h4-5,7-8,25H,2,6,9-12H2,1,3H3/b22-17-. The molecule has 0 aliphatic heterocycles. The fourth-order valence-electron chi connectivity index (χ4n) is 2.70. The van der Waals surface area contributed by atoms with Gasteiger partial charge in [0.2, 0.25) is 0 Å². The Labute approximate surface area is 167 Å². The summed E-state index contributed by atoms with van der Waals surface area (Å²) in [5.41, 5.74) is 0.729. The number of nitrogens with zero attached hydrogens (tertiary/aromatic N) is 4. The van der Waals surface area contributed by atoms with Crippen molar-refractivity contribution in [3.8, 4) is 0 Å². The molecule has 9 heteroatoms. The summed E-state index contributed by atoms with van der Waals surface area (Å²) >= 11 is 5.86. The van der Waals surface area contributed by atoms with Gasteiger partial charge in [0.15, 0.2) is 5.84 Å². The van der Waals surface area contributed by atoms with Crippen molar-refractivity contribution in [3.63, 3.8) is 0 Å². The van der Waals surface area contributed by atoms with Crippen LogP contribution >= 0.6 is 11.6 Å². The first-order valence-corrected chi connectivity index (χ1v) is 9.07. The minimum absolute atomic E-state index is 0.0209. The van der Waals surface area contributed by atoms with Crippen molar-refractivity contribution in [2.75, 3.05) is 6.61 Å². The van der Waals surface area contributed by atoms with E-state index in [1.54, 1.807) is 6.92 Å².